The highest BCUT2D eigenvalue weighted by atomic mass is 16.3. The topological polar surface area (TPSA) is 61.4 Å². The zero-order valence-electron chi connectivity index (χ0n) is 4.09. The van der Waals surface area contributed by atoms with Gasteiger partial charge in [-0.15, -0.1) is 0 Å². The van der Waals surface area contributed by atoms with E-state index in [0.29, 0.717) is 0 Å². The predicted molar refractivity (Wildman–Crippen MR) is 26.4 cm³/mol. The zero-order chi connectivity index (χ0) is 5.98. The van der Waals surface area contributed by atoms with Gasteiger partial charge in [-0.2, -0.15) is 0 Å². The van der Waals surface area contributed by atoms with E-state index >= 15 is 0 Å². The average molecular weight is 114 g/mol. The van der Waals surface area contributed by atoms with Crippen LogP contribution < -0.4 is 10.6 Å². The third-order valence-electron chi connectivity index (χ3n) is 0.811. The number of rotatable bonds is 0. The van der Waals surface area contributed by atoms with Gasteiger partial charge in [0.05, 0.1) is 0 Å². The molecule has 44 valence electrons. The molecule has 0 saturated carbocycles. The quantitative estimate of drug-likeness (QED) is 0.359. The molecule has 1 aliphatic rings. The Bertz CT molecular complexity index is 132. The maximum Gasteiger partial charge on any atom is 0.273 e. The summed E-state index contributed by atoms with van der Waals surface area (Å²) in [4.78, 5) is 10.3. The van der Waals surface area contributed by atoms with Gasteiger partial charge in [0.1, 0.15) is 0 Å². The molecule has 1 atom stereocenters. The summed E-state index contributed by atoms with van der Waals surface area (Å²) >= 11 is 0. The van der Waals surface area contributed by atoms with Gasteiger partial charge in [-0.05, 0) is 0 Å². The summed E-state index contributed by atoms with van der Waals surface area (Å²) in [5.41, 5.74) is 0. The molecular formula is C4H6N2O2. The first-order valence-corrected chi connectivity index (χ1v) is 2.20. The van der Waals surface area contributed by atoms with Gasteiger partial charge >= 0.3 is 0 Å². The van der Waals surface area contributed by atoms with Crippen molar-refractivity contribution in [3.8, 4) is 0 Å². The predicted octanol–water partition coefficient (Wildman–Crippen LogP) is -1.50. The van der Waals surface area contributed by atoms with Crippen LogP contribution in [0.15, 0.2) is 12.4 Å². The monoisotopic (exact) mass is 114 g/mol. The third-order valence-corrected chi connectivity index (χ3v) is 0.811. The third kappa shape index (κ3) is 0.788. The molecule has 1 heterocycles. The van der Waals surface area contributed by atoms with Crippen LogP contribution in [0.25, 0.3) is 0 Å². The molecule has 0 aromatic carbocycles. The van der Waals surface area contributed by atoms with Crippen LogP contribution in [0.4, 0.5) is 0 Å². The maximum absolute atomic E-state index is 10.3. The van der Waals surface area contributed by atoms with E-state index in [2.05, 4.69) is 10.6 Å². The lowest BCUT2D eigenvalue weighted by Gasteiger charge is -2.12. The van der Waals surface area contributed by atoms with E-state index in [-0.39, 0.29) is 0 Å². The molecule has 0 aliphatic carbocycles. The van der Waals surface area contributed by atoms with E-state index < -0.39 is 12.1 Å². The SMILES string of the molecule is O=C1NC=CNC1O. The summed E-state index contributed by atoms with van der Waals surface area (Å²) in [6, 6.07) is 0. The normalized spacial score (nSPS) is 26.6. The average Bonchev–Trinajstić information content (AvgIpc) is 1.77. The summed E-state index contributed by atoms with van der Waals surface area (Å²) in [6.07, 6.45) is 1.81. The molecule has 1 amide bonds. The summed E-state index contributed by atoms with van der Waals surface area (Å²) in [6.45, 7) is 0. The smallest absolute Gasteiger partial charge is 0.273 e. The van der Waals surface area contributed by atoms with Gasteiger partial charge < -0.3 is 15.7 Å². The van der Waals surface area contributed by atoms with Crippen molar-refractivity contribution in [3.05, 3.63) is 12.4 Å². The first kappa shape index (κ1) is 5.11. The highest BCUT2D eigenvalue weighted by molar-refractivity contribution is 5.81. The molecule has 1 unspecified atom stereocenters. The summed E-state index contributed by atoms with van der Waals surface area (Å²) in [5.74, 6) is -0.424. The Hall–Kier alpha value is -1.03. The Kier molecular flexibility index (Phi) is 1.17. The molecule has 4 heteroatoms. The van der Waals surface area contributed by atoms with Crippen molar-refractivity contribution in [2.75, 3.05) is 0 Å². The second-order valence-corrected chi connectivity index (χ2v) is 1.41. The first-order valence-electron chi connectivity index (χ1n) is 2.20. The van der Waals surface area contributed by atoms with Crippen molar-refractivity contribution in [1.82, 2.24) is 10.6 Å². The molecular weight excluding hydrogens is 108 g/mol. The lowest BCUT2D eigenvalue weighted by molar-refractivity contribution is -0.129. The van der Waals surface area contributed by atoms with Crippen molar-refractivity contribution in [2.45, 2.75) is 6.23 Å². The second kappa shape index (κ2) is 1.83. The second-order valence-electron chi connectivity index (χ2n) is 1.41. The Morgan fingerprint density at radius 1 is 1.62 bits per heavy atom. The molecule has 0 radical (unpaired) electrons. The van der Waals surface area contributed by atoms with Gasteiger partial charge in [0.2, 0.25) is 6.23 Å². The molecule has 3 N–H and O–H groups in total. The van der Waals surface area contributed by atoms with Crippen molar-refractivity contribution in [2.24, 2.45) is 0 Å². The number of aliphatic hydroxyl groups excluding tert-OH is 1. The van der Waals surface area contributed by atoms with Crippen LogP contribution in [0.1, 0.15) is 0 Å². The molecule has 0 saturated heterocycles. The van der Waals surface area contributed by atoms with Gasteiger partial charge in [0.25, 0.3) is 5.91 Å². The van der Waals surface area contributed by atoms with Crippen LogP contribution in [0.5, 0.6) is 0 Å². The van der Waals surface area contributed by atoms with Gasteiger partial charge in [0, 0.05) is 12.4 Å². The van der Waals surface area contributed by atoms with Crippen LogP contribution in [0.2, 0.25) is 0 Å². The number of hydrogen-bond donors (Lipinski definition) is 3. The van der Waals surface area contributed by atoms with Crippen LogP contribution >= 0.6 is 0 Å². The summed E-state index contributed by atoms with van der Waals surface area (Å²) in [7, 11) is 0. The van der Waals surface area contributed by atoms with E-state index in [9.17, 15) is 4.79 Å². The number of carbonyl (C=O) groups is 1. The minimum Gasteiger partial charge on any atom is -0.366 e. The number of carbonyl (C=O) groups excluding carboxylic acids is 1. The van der Waals surface area contributed by atoms with Gasteiger partial charge in [0.15, 0.2) is 0 Å². The lowest BCUT2D eigenvalue weighted by atomic mass is 10.5. The zero-order valence-corrected chi connectivity index (χ0v) is 4.09. The van der Waals surface area contributed by atoms with Gasteiger partial charge in [-0.25, -0.2) is 0 Å². The van der Waals surface area contributed by atoms with Crippen LogP contribution in [0.3, 0.4) is 0 Å². The molecule has 4 nitrogen and oxygen atoms in total. The molecule has 0 fully saturated rings. The molecule has 8 heavy (non-hydrogen) atoms. The van der Waals surface area contributed by atoms with Gasteiger partial charge in [-0.1, -0.05) is 0 Å². The van der Waals surface area contributed by atoms with E-state index in [1.54, 1.807) is 0 Å². The van der Waals surface area contributed by atoms with E-state index in [1.807, 2.05) is 0 Å². The van der Waals surface area contributed by atoms with E-state index in [4.69, 9.17) is 5.11 Å². The van der Waals surface area contributed by atoms with Crippen molar-refractivity contribution in [1.29, 1.82) is 0 Å². The van der Waals surface area contributed by atoms with Crippen LogP contribution in [-0.4, -0.2) is 17.2 Å². The number of hydrogen-bond acceptors (Lipinski definition) is 3. The lowest BCUT2D eigenvalue weighted by Crippen LogP contribution is -2.43. The minimum absolute atomic E-state index is 0.424. The first-order chi connectivity index (χ1) is 3.80. The Balaban J connectivity index is 2.57. The fourth-order valence-corrected chi connectivity index (χ4v) is 0.418. The maximum atomic E-state index is 10.3. The highest BCUT2D eigenvalue weighted by Crippen LogP contribution is 1.82. The van der Waals surface area contributed by atoms with Crippen LogP contribution in [0, 0.1) is 0 Å². The Morgan fingerprint density at radius 2 is 2.38 bits per heavy atom. The molecule has 0 aromatic heterocycles. The molecule has 1 rings (SSSR count). The standard InChI is InChI=1S/C4H6N2O2/c7-3-4(8)6-2-1-5-3/h1-3,5,7H,(H,6,8). The molecule has 0 bridgehead atoms. The van der Waals surface area contributed by atoms with Gasteiger partial charge in [-0.3, -0.25) is 4.79 Å². The molecule has 0 aromatic rings. The fourth-order valence-electron chi connectivity index (χ4n) is 0.418. The van der Waals surface area contributed by atoms with Crippen LogP contribution in [-0.2, 0) is 4.79 Å². The summed E-state index contributed by atoms with van der Waals surface area (Å²) in [5, 5.41) is 13.3. The van der Waals surface area contributed by atoms with E-state index in [1.165, 1.54) is 12.4 Å². The van der Waals surface area contributed by atoms with Crippen molar-refractivity contribution in [3.63, 3.8) is 0 Å². The number of aliphatic hydroxyl groups is 1. The number of amides is 1. The Labute approximate surface area is 46.2 Å². The Morgan fingerprint density at radius 3 is 2.75 bits per heavy atom. The minimum atomic E-state index is -1.08. The number of nitrogens with one attached hydrogen (secondary N) is 2. The summed E-state index contributed by atoms with van der Waals surface area (Å²) < 4.78 is 0. The molecule has 0 spiro atoms. The molecule has 1 aliphatic heterocycles. The largest absolute Gasteiger partial charge is 0.366 e. The van der Waals surface area contributed by atoms with Crippen molar-refractivity contribution < 1.29 is 9.90 Å². The highest BCUT2D eigenvalue weighted by Gasteiger charge is 2.12. The van der Waals surface area contributed by atoms with Crippen molar-refractivity contribution >= 4 is 5.91 Å². The van der Waals surface area contributed by atoms with E-state index in [0.717, 1.165) is 0 Å². The fraction of sp³-hybridized carbons (Fsp3) is 0.250.